The summed E-state index contributed by atoms with van der Waals surface area (Å²) in [4.78, 5) is 11.8. The largest absolute Gasteiger partial charge is 0.494 e. The minimum atomic E-state index is -0.858. The molecule has 0 aliphatic carbocycles. The molecule has 0 saturated heterocycles. The van der Waals surface area contributed by atoms with E-state index < -0.39 is 11.9 Å². The van der Waals surface area contributed by atoms with Crippen LogP contribution in [0, 0.1) is 0 Å². The summed E-state index contributed by atoms with van der Waals surface area (Å²) in [5.41, 5.74) is 1.66. The maximum atomic E-state index is 11.8. The van der Waals surface area contributed by atoms with E-state index in [1.807, 2.05) is 24.3 Å². The molecule has 0 radical (unpaired) electrons. The molecule has 1 atom stereocenters. The van der Waals surface area contributed by atoms with E-state index in [0.29, 0.717) is 43.3 Å². The Bertz CT molecular complexity index is 723. The summed E-state index contributed by atoms with van der Waals surface area (Å²) in [6.07, 6.45) is 1.36. The monoisotopic (exact) mass is 342 g/mol. The van der Waals surface area contributed by atoms with Crippen LogP contribution in [-0.4, -0.2) is 30.9 Å². The normalized spacial score (nSPS) is 14.0. The molecule has 0 aromatic heterocycles. The van der Waals surface area contributed by atoms with Crippen LogP contribution in [0.25, 0.3) is 0 Å². The number of hydrogen-bond donors (Lipinski definition) is 1. The fraction of sp³-hybridized carbons (Fsp3) is 0.350. The average Bonchev–Trinajstić information content (AvgIpc) is 2.64. The van der Waals surface area contributed by atoms with Crippen LogP contribution >= 0.6 is 0 Å². The molecule has 3 rings (SSSR count). The van der Waals surface area contributed by atoms with Gasteiger partial charge in [-0.15, -0.1) is 0 Å². The smallest absolute Gasteiger partial charge is 0.311 e. The molecule has 2 aromatic carbocycles. The van der Waals surface area contributed by atoms with E-state index in [1.54, 1.807) is 18.2 Å². The van der Waals surface area contributed by atoms with E-state index in [4.69, 9.17) is 14.2 Å². The van der Waals surface area contributed by atoms with Crippen molar-refractivity contribution in [2.24, 2.45) is 0 Å². The third-order valence-electron chi connectivity index (χ3n) is 4.10. The summed E-state index contributed by atoms with van der Waals surface area (Å²) in [6.45, 7) is 3.72. The van der Waals surface area contributed by atoms with Gasteiger partial charge in [0.25, 0.3) is 0 Å². The van der Waals surface area contributed by atoms with Gasteiger partial charge in [-0.3, -0.25) is 4.79 Å². The van der Waals surface area contributed by atoms with Gasteiger partial charge in [-0.1, -0.05) is 25.1 Å². The van der Waals surface area contributed by atoms with Crippen molar-refractivity contribution in [2.45, 2.75) is 25.7 Å². The summed E-state index contributed by atoms with van der Waals surface area (Å²) in [5.74, 6) is 0.577. The Morgan fingerprint density at radius 3 is 2.52 bits per heavy atom. The second-order valence-corrected chi connectivity index (χ2v) is 5.99. The summed E-state index contributed by atoms with van der Waals surface area (Å²) in [6, 6.07) is 12.9. The van der Waals surface area contributed by atoms with Crippen LogP contribution in [0.2, 0.25) is 0 Å². The molecule has 1 aliphatic rings. The van der Waals surface area contributed by atoms with Gasteiger partial charge in [0.1, 0.15) is 19.0 Å². The molecule has 5 nitrogen and oxygen atoms in total. The van der Waals surface area contributed by atoms with Crippen LogP contribution in [0.5, 0.6) is 17.2 Å². The van der Waals surface area contributed by atoms with E-state index in [9.17, 15) is 9.90 Å². The van der Waals surface area contributed by atoms with Crippen molar-refractivity contribution in [3.05, 3.63) is 53.6 Å². The van der Waals surface area contributed by atoms with Crippen molar-refractivity contribution in [1.29, 1.82) is 0 Å². The Kier molecular flexibility index (Phi) is 5.43. The molecule has 2 aromatic rings. The van der Waals surface area contributed by atoms with E-state index >= 15 is 0 Å². The zero-order chi connectivity index (χ0) is 17.6. The van der Waals surface area contributed by atoms with Gasteiger partial charge in [-0.2, -0.15) is 0 Å². The number of benzene rings is 2. The van der Waals surface area contributed by atoms with Crippen molar-refractivity contribution >= 4 is 5.97 Å². The molecular weight excluding hydrogens is 320 g/mol. The fourth-order valence-corrected chi connectivity index (χ4v) is 2.80. The van der Waals surface area contributed by atoms with Gasteiger partial charge in [-0.05, 0) is 48.2 Å². The maximum Gasteiger partial charge on any atom is 0.311 e. The lowest BCUT2D eigenvalue weighted by Crippen LogP contribution is -2.18. The van der Waals surface area contributed by atoms with Crippen molar-refractivity contribution < 1.29 is 24.1 Å². The predicted molar refractivity (Wildman–Crippen MR) is 93.7 cm³/mol. The fourth-order valence-electron chi connectivity index (χ4n) is 2.80. The number of carboxylic acid groups (broad SMARTS) is 1. The number of aliphatic carboxylic acids is 1. The van der Waals surface area contributed by atoms with Gasteiger partial charge in [0, 0.05) is 0 Å². The van der Waals surface area contributed by atoms with Crippen molar-refractivity contribution in [1.82, 2.24) is 0 Å². The van der Waals surface area contributed by atoms with E-state index in [1.165, 1.54) is 0 Å². The second-order valence-electron chi connectivity index (χ2n) is 5.99. The van der Waals surface area contributed by atoms with Crippen LogP contribution in [0.4, 0.5) is 0 Å². The topological polar surface area (TPSA) is 65.0 Å². The molecule has 132 valence electrons. The highest BCUT2D eigenvalue weighted by Gasteiger charge is 2.23. The van der Waals surface area contributed by atoms with Gasteiger partial charge in [0.2, 0.25) is 0 Å². The third kappa shape index (κ3) is 4.24. The molecule has 1 unspecified atom stereocenters. The standard InChI is InChI=1S/C20H22O5/c1-2-9-23-16-6-3-14(4-7-16)12-17(20(21)22)15-5-8-18-19(13-15)25-11-10-24-18/h3-8,13,17H,2,9-12H2,1H3,(H,21,22). The number of carbonyl (C=O) groups is 1. The Morgan fingerprint density at radius 1 is 1.12 bits per heavy atom. The average molecular weight is 342 g/mol. The van der Waals surface area contributed by atoms with Crippen LogP contribution in [-0.2, 0) is 11.2 Å². The molecule has 1 N–H and O–H groups in total. The first-order valence-electron chi connectivity index (χ1n) is 8.51. The van der Waals surface area contributed by atoms with Gasteiger partial charge >= 0.3 is 5.97 Å². The summed E-state index contributed by atoms with van der Waals surface area (Å²) < 4.78 is 16.6. The lowest BCUT2D eigenvalue weighted by molar-refractivity contribution is -0.138. The zero-order valence-corrected chi connectivity index (χ0v) is 14.2. The first-order valence-corrected chi connectivity index (χ1v) is 8.51. The first-order chi connectivity index (χ1) is 12.2. The SMILES string of the molecule is CCCOc1ccc(CC(C(=O)O)c2ccc3c(c2)OCCO3)cc1. The molecule has 1 aliphatic heterocycles. The minimum Gasteiger partial charge on any atom is -0.494 e. The maximum absolute atomic E-state index is 11.8. The predicted octanol–water partition coefficient (Wildman–Crippen LogP) is 3.66. The number of rotatable bonds is 7. The molecule has 25 heavy (non-hydrogen) atoms. The van der Waals surface area contributed by atoms with Gasteiger partial charge in [0.15, 0.2) is 11.5 Å². The molecular formula is C20H22O5. The summed E-state index contributed by atoms with van der Waals surface area (Å²) >= 11 is 0. The lowest BCUT2D eigenvalue weighted by atomic mass is 9.91. The summed E-state index contributed by atoms with van der Waals surface area (Å²) in [5, 5.41) is 9.67. The Labute approximate surface area is 147 Å². The van der Waals surface area contributed by atoms with Gasteiger partial charge < -0.3 is 19.3 Å². The highest BCUT2D eigenvalue weighted by Crippen LogP contribution is 2.34. The Hall–Kier alpha value is -2.69. The first kappa shape index (κ1) is 17.1. The van der Waals surface area contributed by atoms with E-state index in [0.717, 1.165) is 17.7 Å². The highest BCUT2D eigenvalue weighted by atomic mass is 16.6. The van der Waals surface area contributed by atoms with Crippen molar-refractivity contribution in [2.75, 3.05) is 19.8 Å². The van der Waals surface area contributed by atoms with Crippen LogP contribution < -0.4 is 14.2 Å². The van der Waals surface area contributed by atoms with E-state index in [2.05, 4.69) is 6.92 Å². The van der Waals surface area contributed by atoms with Gasteiger partial charge in [-0.25, -0.2) is 0 Å². The molecule has 0 fully saturated rings. The Morgan fingerprint density at radius 2 is 1.84 bits per heavy atom. The Balaban J connectivity index is 1.76. The third-order valence-corrected chi connectivity index (χ3v) is 4.10. The number of hydrogen-bond acceptors (Lipinski definition) is 4. The van der Waals surface area contributed by atoms with Crippen molar-refractivity contribution in [3.8, 4) is 17.2 Å². The van der Waals surface area contributed by atoms with Gasteiger partial charge in [0.05, 0.1) is 12.5 Å². The van der Waals surface area contributed by atoms with Crippen LogP contribution in [0.15, 0.2) is 42.5 Å². The molecule has 0 spiro atoms. The lowest BCUT2D eigenvalue weighted by Gasteiger charge is -2.20. The van der Waals surface area contributed by atoms with Crippen LogP contribution in [0.1, 0.15) is 30.4 Å². The van der Waals surface area contributed by atoms with E-state index in [-0.39, 0.29) is 0 Å². The number of carboxylic acids is 1. The zero-order valence-electron chi connectivity index (χ0n) is 14.2. The molecule has 0 bridgehead atoms. The molecule has 0 saturated carbocycles. The van der Waals surface area contributed by atoms with Crippen molar-refractivity contribution in [3.63, 3.8) is 0 Å². The minimum absolute atomic E-state index is 0.406. The second kappa shape index (κ2) is 7.92. The molecule has 0 amide bonds. The number of fused-ring (bicyclic) bond motifs is 1. The molecule has 5 heteroatoms. The highest BCUT2D eigenvalue weighted by molar-refractivity contribution is 5.77. The quantitative estimate of drug-likeness (QED) is 0.832. The number of ether oxygens (including phenoxy) is 3. The summed E-state index contributed by atoms with van der Waals surface area (Å²) in [7, 11) is 0. The van der Waals surface area contributed by atoms with Crippen LogP contribution in [0.3, 0.4) is 0 Å². The molecule has 1 heterocycles.